The summed E-state index contributed by atoms with van der Waals surface area (Å²) in [6.07, 6.45) is 0. The lowest BCUT2D eigenvalue weighted by Gasteiger charge is -2.11. The van der Waals surface area contributed by atoms with E-state index in [9.17, 15) is 9.18 Å². The van der Waals surface area contributed by atoms with Crippen molar-refractivity contribution in [1.82, 2.24) is 14.8 Å². The number of nitrogens with zero attached hydrogens (tertiary/aromatic N) is 3. The Labute approximate surface area is 185 Å². The molecule has 0 bridgehead atoms. The van der Waals surface area contributed by atoms with Gasteiger partial charge in [0.2, 0.25) is 0 Å². The predicted octanol–water partition coefficient (Wildman–Crippen LogP) is 5.72. The zero-order valence-electron chi connectivity index (χ0n) is 17.4. The molecule has 3 aromatic carbocycles. The second-order valence-corrected chi connectivity index (χ2v) is 8.36. The Bertz CT molecular complexity index is 1200. The average molecular weight is 432 g/mol. The minimum absolute atomic E-state index is 0.0556. The fourth-order valence-electron chi connectivity index (χ4n) is 3.45. The highest BCUT2D eigenvalue weighted by atomic mass is 32.2. The number of Topliss-reactive ketones (excluding diaryl/α,β-unsaturated/α-hetero) is 1. The lowest BCUT2D eigenvalue weighted by atomic mass is 10.0. The van der Waals surface area contributed by atoms with E-state index in [0.29, 0.717) is 17.5 Å². The fourth-order valence-corrected chi connectivity index (χ4v) is 4.27. The Kier molecular flexibility index (Phi) is 6.28. The van der Waals surface area contributed by atoms with Crippen LogP contribution in [0.4, 0.5) is 4.39 Å². The van der Waals surface area contributed by atoms with Crippen LogP contribution in [0.15, 0.2) is 78.0 Å². The number of rotatable bonds is 7. The van der Waals surface area contributed by atoms with Gasteiger partial charge in [-0.3, -0.25) is 9.36 Å². The fraction of sp³-hybridized carbons (Fsp3) is 0.160. The number of aryl methyl sites for hydroxylation is 2. The number of carbonyl (C=O) groups excluding carboxylic acids is 1. The van der Waals surface area contributed by atoms with E-state index in [4.69, 9.17) is 0 Å². The van der Waals surface area contributed by atoms with Gasteiger partial charge in [0.05, 0.1) is 12.3 Å². The number of ketones is 1. The second kappa shape index (κ2) is 9.27. The van der Waals surface area contributed by atoms with Crippen molar-refractivity contribution in [1.29, 1.82) is 0 Å². The molecule has 1 aromatic heterocycles. The van der Waals surface area contributed by atoms with Crippen LogP contribution in [0.25, 0.3) is 11.4 Å². The summed E-state index contributed by atoms with van der Waals surface area (Å²) >= 11 is 1.37. The molecule has 0 aliphatic heterocycles. The predicted molar refractivity (Wildman–Crippen MR) is 122 cm³/mol. The summed E-state index contributed by atoms with van der Waals surface area (Å²) in [6.45, 7) is 4.52. The van der Waals surface area contributed by atoms with E-state index in [0.717, 1.165) is 27.8 Å². The molecule has 4 nitrogen and oxygen atoms in total. The van der Waals surface area contributed by atoms with Crippen LogP contribution in [-0.4, -0.2) is 26.3 Å². The van der Waals surface area contributed by atoms with Gasteiger partial charge < -0.3 is 0 Å². The number of halogens is 1. The molecule has 4 aromatic rings. The van der Waals surface area contributed by atoms with E-state index in [2.05, 4.69) is 10.2 Å². The molecule has 0 unspecified atom stereocenters. The minimum Gasteiger partial charge on any atom is -0.298 e. The van der Waals surface area contributed by atoms with E-state index < -0.39 is 0 Å². The number of aromatic nitrogens is 3. The van der Waals surface area contributed by atoms with Crippen molar-refractivity contribution in [2.24, 2.45) is 0 Å². The van der Waals surface area contributed by atoms with Crippen LogP contribution in [0.2, 0.25) is 0 Å². The molecule has 4 rings (SSSR count). The highest BCUT2D eigenvalue weighted by molar-refractivity contribution is 7.99. The van der Waals surface area contributed by atoms with Crippen molar-refractivity contribution in [3.05, 3.63) is 101 Å². The van der Waals surface area contributed by atoms with Gasteiger partial charge in [-0.1, -0.05) is 65.9 Å². The molecule has 0 saturated heterocycles. The molecule has 31 heavy (non-hydrogen) atoms. The van der Waals surface area contributed by atoms with E-state index in [1.165, 1.54) is 23.9 Å². The molecule has 6 heteroatoms. The summed E-state index contributed by atoms with van der Waals surface area (Å²) in [5, 5.41) is 9.35. The van der Waals surface area contributed by atoms with E-state index in [1.807, 2.05) is 66.9 Å². The highest BCUT2D eigenvalue weighted by Crippen LogP contribution is 2.26. The minimum atomic E-state index is -0.300. The molecule has 0 radical (unpaired) electrons. The van der Waals surface area contributed by atoms with Crippen molar-refractivity contribution in [2.75, 3.05) is 5.75 Å². The molecule has 0 aliphatic rings. The smallest absolute Gasteiger partial charge is 0.192 e. The molecular formula is C25H22FN3OS. The summed E-state index contributed by atoms with van der Waals surface area (Å²) in [4.78, 5) is 12.8. The Morgan fingerprint density at radius 1 is 0.968 bits per heavy atom. The van der Waals surface area contributed by atoms with Crippen LogP contribution in [-0.2, 0) is 6.54 Å². The van der Waals surface area contributed by atoms with Crippen molar-refractivity contribution < 1.29 is 9.18 Å². The maximum Gasteiger partial charge on any atom is 0.192 e. The third-order valence-corrected chi connectivity index (χ3v) is 5.98. The number of hydrogen-bond donors (Lipinski definition) is 0. The topological polar surface area (TPSA) is 47.8 Å². The van der Waals surface area contributed by atoms with Crippen molar-refractivity contribution in [3.8, 4) is 11.4 Å². The van der Waals surface area contributed by atoms with Gasteiger partial charge >= 0.3 is 0 Å². The van der Waals surface area contributed by atoms with Crippen LogP contribution in [0.1, 0.15) is 27.0 Å². The molecular weight excluding hydrogens is 409 g/mol. The Morgan fingerprint density at radius 2 is 1.71 bits per heavy atom. The lowest BCUT2D eigenvalue weighted by molar-refractivity contribution is 0.102. The SMILES string of the molecule is Cc1ccc(C(=O)CSc2nnc(-c3ccc(F)cc3)n2Cc2ccccc2)c(C)c1. The van der Waals surface area contributed by atoms with E-state index >= 15 is 0 Å². The molecule has 0 N–H and O–H groups in total. The summed E-state index contributed by atoms with van der Waals surface area (Å²) in [7, 11) is 0. The summed E-state index contributed by atoms with van der Waals surface area (Å²) < 4.78 is 15.4. The van der Waals surface area contributed by atoms with Gasteiger partial charge in [-0.05, 0) is 49.2 Å². The number of thioether (sulfide) groups is 1. The summed E-state index contributed by atoms with van der Waals surface area (Å²) in [5.74, 6) is 0.664. The monoisotopic (exact) mass is 431 g/mol. The highest BCUT2D eigenvalue weighted by Gasteiger charge is 2.17. The molecule has 0 spiro atoms. The van der Waals surface area contributed by atoms with Gasteiger partial charge in [0.25, 0.3) is 0 Å². The van der Waals surface area contributed by atoms with Crippen molar-refractivity contribution in [3.63, 3.8) is 0 Å². The first-order valence-electron chi connectivity index (χ1n) is 9.97. The van der Waals surface area contributed by atoms with Crippen LogP contribution in [0, 0.1) is 19.7 Å². The van der Waals surface area contributed by atoms with E-state index in [1.54, 1.807) is 12.1 Å². The molecule has 0 amide bonds. The Morgan fingerprint density at radius 3 is 2.42 bits per heavy atom. The maximum atomic E-state index is 13.4. The van der Waals surface area contributed by atoms with Gasteiger partial charge in [0.1, 0.15) is 5.82 Å². The van der Waals surface area contributed by atoms with Gasteiger partial charge in [-0.25, -0.2) is 4.39 Å². The number of hydrogen-bond acceptors (Lipinski definition) is 4. The summed E-state index contributed by atoms with van der Waals surface area (Å²) in [6, 6.07) is 22.0. The zero-order valence-corrected chi connectivity index (χ0v) is 18.2. The largest absolute Gasteiger partial charge is 0.298 e. The number of benzene rings is 3. The van der Waals surface area contributed by atoms with E-state index in [-0.39, 0.29) is 17.4 Å². The first-order chi connectivity index (χ1) is 15.0. The van der Waals surface area contributed by atoms with Crippen molar-refractivity contribution >= 4 is 17.5 Å². The lowest BCUT2D eigenvalue weighted by Crippen LogP contribution is -2.08. The van der Waals surface area contributed by atoms with Crippen molar-refractivity contribution in [2.45, 2.75) is 25.5 Å². The third kappa shape index (κ3) is 4.91. The standard InChI is InChI=1S/C25H22FN3OS/c1-17-8-13-22(18(2)14-17)23(30)16-31-25-28-27-24(20-9-11-21(26)12-10-20)29(25)15-19-6-4-3-5-7-19/h3-14H,15-16H2,1-2H3. The van der Waals surface area contributed by atoms with Gasteiger partial charge in [0.15, 0.2) is 16.8 Å². The third-order valence-electron chi connectivity index (χ3n) is 5.02. The Balaban J connectivity index is 1.62. The first-order valence-corrected chi connectivity index (χ1v) is 11.0. The molecule has 0 saturated carbocycles. The zero-order chi connectivity index (χ0) is 21.8. The molecule has 0 fully saturated rings. The quantitative estimate of drug-likeness (QED) is 0.277. The molecule has 156 valence electrons. The van der Waals surface area contributed by atoms with Crippen LogP contribution in [0.3, 0.4) is 0 Å². The van der Waals surface area contributed by atoms with Crippen LogP contribution >= 0.6 is 11.8 Å². The maximum absolute atomic E-state index is 13.4. The van der Waals surface area contributed by atoms with Gasteiger partial charge in [-0.2, -0.15) is 0 Å². The van der Waals surface area contributed by atoms with Crippen LogP contribution in [0.5, 0.6) is 0 Å². The van der Waals surface area contributed by atoms with Crippen LogP contribution < -0.4 is 0 Å². The normalized spacial score (nSPS) is 10.9. The second-order valence-electron chi connectivity index (χ2n) is 7.42. The molecule has 0 atom stereocenters. The molecule has 0 aliphatic carbocycles. The van der Waals surface area contributed by atoms with Gasteiger partial charge in [0, 0.05) is 11.1 Å². The average Bonchev–Trinajstić information content (AvgIpc) is 3.15. The molecule has 1 heterocycles. The van der Waals surface area contributed by atoms with Gasteiger partial charge in [-0.15, -0.1) is 10.2 Å². The first kappa shape index (κ1) is 21.0. The Hall–Kier alpha value is -3.25. The summed E-state index contributed by atoms with van der Waals surface area (Å²) in [5.41, 5.74) is 4.70. The number of carbonyl (C=O) groups is 1.